The average Bonchev–Trinajstić information content (AvgIpc) is 3.08. The van der Waals surface area contributed by atoms with E-state index in [4.69, 9.17) is 4.52 Å². The predicted molar refractivity (Wildman–Crippen MR) is 63.6 cm³/mol. The maximum atomic E-state index is 5.52. The Morgan fingerprint density at radius 3 is 2.76 bits per heavy atom. The van der Waals surface area contributed by atoms with Crippen LogP contribution in [0.15, 0.2) is 22.9 Å². The van der Waals surface area contributed by atoms with E-state index in [1.165, 1.54) is 12.8 Å². The van der Waals surface area contributed by atoms with Gasteiger partial charge in [0.15, 0.2) is 0 Å². The first-order chi connectivity index (χ1) is 8.27. The third-order valence-corrected chi connectivity index (χ3v) is 3.07. The van der Waals surface area contributed by atoms with E-state index in [0.29, 0.717) is 11.8 Å². The highest BCUT2D eigenvalue weighted by atomic mass is 16.5. The van der Waals surface area contributed by atoms with Crippen molar-refractivity contribution in [3.05, 3.63) is 29.8 Å². The maximum Gasteiger partial charge on any atom is 0.149 e. The number of rotatable bonds is 3. The summed E-state index contributed by atoms with van der Waals surface area (Å²) in [6.45, 7) is 4.24. The molecule has 0 saturated heterocycles. The molecule has 0 atom stereocenters. The molecule has 17 heavy (non-hydrogen) atoms. The number of hydrogen-bond donors (Lipinski definition) is 0. The topological polar surface area (TPSA) is 51.8 Å². The highest BCUT2D eigenvalue weighted by Gasteiger charge is 2.33. The zero-order valence-electron chi connectivity index (χ0n) is 10.1. The van der Waals surface area contributed by atoms with Gasteiger partial charge in [0.05, 0.1) is 17.0 Å². The molecule has 1 aliphatic carbocycles. The lowest BCUT2D eigenvalue weighted by Gasteiger charge is -2.04. The van der Waals surface area contributed by atoms with Crippen LogP contribution in [0.25, 0.3) is 11.3 Å². The molecule has 2 aromatic rings. The van der Waals surface area contributed by atoms with Crippen LogP contribution in [0.5, 0.6) is 0 Å². The average molecular weight is 229 g/mol. The van der Waals surface area contributed by atoms with Gasteiger partial charge < -0.3 is 4.52 Å². The molecule has 2 aromatic heterocycles. The van der Waals surface area contributed by atoms with E-state index in [0.717, 1.165) is 22.7 Å². The molecular formula is C13H15N3O. The van der Waals surface area contributed by atoms with Gasteiger partial charge in [0.1, 0.15) is 5.76 Å². The fraction of sp³-hybridized carbons (Fsp3) is 0.462. The van der Waals surface area contributed by atoms with Crippen molar-refractivity contribution in [1.82, 2.24) is 15.4 Å². The van der Waals surface area contributed by atoms with Crippen molar-refractivity contribution in [2.24, 2.45) is 0 Å². The molecule has 4 heteroatoms. The first-order valence-corrected chi connectivity index (χ1v) is 6.05. The molecule has 0 bridgehead atoms. The van der Waals surface area contributed by atoms with Crippen LogP contribution in [-0.2, 0) is 0 Å². The van der Waals surface area contributed by atoms with Gasteiger partial charge in [0, 0.05) is 12.1 Å². The summed E-state index contributed by atoms with van der Waals surface area (Å²) in [5, 5.41) is 12.3. The maximum absolute atomic E-state index is 5.52. The first-order valence-electron chi connectivity index (χ1n) is 6.05. The lowest BCUT2D eigenvalue weighted by atomic mass is 10.00. The molecule has 0 amide bonds. The van der Waals surface area contributed by atoms with Crippen LogP contribution in [0, 0.1) is 0 Å². The molecule has 1 saturated carbocycles. The van der Waals surface area contributed by atoms with E-state index in [1.54, 1.807) is 6.20 Å². The SMILES string of the molecule is CC(C)c1noc(C2CC2)c1-c1cccnn1. The van der Waals surface area contributed by atoms with E-state index >= 15 is 0 Å². The predicted octanol–water partition coefficient (Wildman–Crippen LogP) is 3.13. The molecule has 3 rings (SSSR count). The van der Waals surface area contributed by atoms with Gasteiger partial charge in [-0.15, -0.1) is 0 Å². The Hall–Kier alpha value is -1.71. The van der Waals surface area contributed by atoms with Crippen molar-refractivity contribution in [3.63, 3.8) is 0 Å². The van der Waals surface area contributed by atoms with Crippen LogP contribution >= 0.6 is 0 Å². The quantitative estimate of drug-likeness (QED) is 0.811. The molecule has 0 aromatic carbocycles. The Morgan fingerprint density at radius 2 is 2.18 bits per heavy atom. The zero-order valence-corrected chi connectivity index (χ0v) is 10.1. The number of hydrogen-bond acceptors (Lipinski definition) is 4. The minimum absolute atomic E-state index is 0.336. The Morgan fingerprint density at radius 1 is 1.35 bits per heavy atom. The largest absolute Gasteiger partial charge is 0.360 e. The molecule has 4 nitrogen and oxygen atoms in total. The molecular weight excluding hydrogens is 214 g/mol. The summed E-state index contributed by atoms with van der Waals surface area (Å²) < 4.78 is 5.52. The van der Waals surface area contributed by atoms with Crippen molar-refractivity contribution in [2.75, 3.05) is 0 Å². The fourth-order valence-corrected chi connectivity index (χ4v) is 2.03. The van der Waals surface area contributed by atoms with Crippen LogP contribution < -0.4 is 0 Å². The zero-order chi connectivity index (χ0) is 11.8. The standard InChI is InChI=1S/C13H15N3O/c1-8(2)12-11(10-4-3-7-14-15-10)13(17-16-12)9-5-6-9/h3-4,7-9H,5-6H2,1-2H3. The molecule has 1 fully saturated rings. The molecule has 1 aliphatic rings. The van der Waals surface area contributed by atoms with Gasteiger partial charge in [-0.2, -0.15) is 10.2 Å². The third kappa shape index (κ3) is 1.84. The highest BCUT2D eigenvalue weighted by Crippen LogP contribution is 2.46. The summed E-state index contributed by atoms with van der Waals surface area (Å²) in [6.07, 6.45) is 4.07. The minimum Gasteiger partial charge on any atom is -0.360 e. The van der Waals surface area contributed by atoms with Gasteiger partial charge in [0.2, 0.25) is 0 Å². The number of aromatic nitrogens is 3. The second kappa shape index (κ2) is 3.95. The molecule has 2 heterocycles. The van der Waals surface area contributed by atoms with Crippen LogP contribution in [0.2, 0.25) is 0 Å². The summed E-state index contributed by atoms with van der Waals surface area (Å²) in [5.41, 5.74) is 2.93. The summed E-state index contributed by atoms with van der Waals surface area (Å²) in [6, 6.07) is 3.87. The van der Waals surface area contributed by atoms with Crippen molar-refractivity contribution >= 4 is 0 Å². The molecule has 0 unspecified atom stereocenters. The second-order valence-electron chi connectivity index (χ2n) is 4.84. The van der Waals surface area contributed by atoms with Crippen molar-refractivity contribution < 1.29 is 4.52 Å². The van der Waals surface area contributed by atoms with E-state index in [9.17, 15) is 0 Å². The Labute approximate surface area is 100 Å². The Bertz CT molecular complexity index is 495. The van der Waals surface area contributed by atoms with Crippen LogP contribution in [0.3, 0.4) is 0 Å². The second-order valence-corrected chi connectivity index (χ2v) is 4.84. The van der Waals surface area contributed by atoms with E-state index in [-0.39, 0.29) is 0 Å². The molecule has 0 aliphatic heterocycles. The van der Waals surface area contributed by atoms with Gasteiger partial charge in [-0.05, 0) is 30.9 Å². The highest BCUT2D eigenvalue weighted by molar-refractivity contribution is 5.65. The van der Waals surface area contributed by atoms with E-state index in [1.807, 2.05) is 12.1 Å². The summed E-state index contributed by atoms with van der Waals surface area (Å²) in [5.74, 6) is 1.87. The smallest absolute Gasteiger partial charge is 0.149 e. The number of nitrogens with zero attached hydrogens (tertiary/aromatic N) is 3. The van der Waals surface area contributed by atoms with Crippen molar-refractivity contribution in [1.29, 1.82) is 0 Å². The van der Waals surface area contributed by atoms with Crippen LogP contribution in [-0.4, -0.2) is 15.4 Å². The molecule has 88 valence electrons. The van der Waals surface area contributed by atoms with Gasteiger partial charge in [-0.3, -0.25) is 0 Å². The van der Waals surface area contributed by atoms with Gasteiger partial charge in [0.25, 0.3) is 0 Å². The van der Waals surface area contributed by atoms with Gasteiger partial charge in [-0.1, -0.05) is 19.0 Å². The van der Waals surface area contributed by atoms with Gasteiger partial charge >= 0.3 is 0 Å². The third-order valence-electron chi connectivity index (χ3n) is 3.07. The first kappa shape index (κ1) is 10.4. The van der Waals surface area contributed by atoms with Crippen molar-refractivity contribution in [3.8, 4) is 11.3 Å². The fourth-order valence-electron chi connectivity index (χ4n) is 2.03. The monoisotopic (exact) mass is 229 g/mol. The van der Waals surface area contributed by atoms with Crippen molar-refractivity contribution in [2.45, 2.75) is 38.5 Å². The summed E-state index contributed by atoms with van der Waals surface area (Å²) in [7, 11) is 0. The summed E-state index contributed by atoms with van der Waals surface area (Å²) >= 11 is 0. The van der Waals surface area contributed by atoms with E-state index in [2.05, 4.69) is 29.2 Å². The van der Waals surface area contributed by atoms with Crippen LogP contribution in [0.4, 0.5) is 0 Å². The Kier molecular flexibility index (Phi) is 2.42. The van der Waals surface area contributed by atoms with Gasteiger partial charge in [-0.25, -0.2) is 0 Å². The Balaban J connectivity index is 2.14. The minimum atomic E-state index is 0.336. The normalized spacial score (nSPS) is 15.5. The van der Waals surface area contributed by atoms with E-state index < -0.39 is 0 Å². The van der Waals surface area contributed by atoms with Crippen LogP contribution in [0.1, 0.15) is 50.0 Å². The lowest BCUT2D eigenvalue weighted by molar-refractivity contribution is 0.376. The molecule has 0 spiro atoms. The molecule has 0 radical (unpaired) electrons. The summed E-state index contributed by atoms with van der Waals surface area (Å²) in [4.78, 5) is 0. The lowest BCUT2D eigenvalue weighted by Crippen LogP contribution is -1.95. The molecule has 0 N–H and O–H groups in total.